The van der Waals surface area contributed by atoms with E-state index in [4.69, 9.17) is 18.6 Å². The fourth-order valence-electron chi connectivity index (χ4n) is 0. The van der Waals surface area contributed by atoms with Crippen LogP contribution in [-0.2, 0) is 19.5 Å². The second-order valence-electron chi connectivity index (χ2n) is 0.396. The van der Waals surface area contributed by atoms with E-state index in [9.17, 15) is 0 Å². The zero-order chi connectivity index (χ0) is 4.50. The van der Waals surface area contributed by atoms with Crippen LogP contribution in [0.25, 0.3) is 0 Å². The van der Waals surface area contributed by atoms with E-state index in [2.05, 4.69) is 0 Å². The van der Waals surface area contributed by atoms with Gasteiger partial charge in [-0.1, -0.05) is 0 Å². The van der Waals surface area contributed by atoms with Crippen molar-refractivity contribution in [1.29, 1.82) is 0 Å². The maximum absolute atomic E-state index is 8.60. The summed E-state index contributed by atoms with van der Waals surface area (Å²) < 4.78 is 32.7. The van der Waals surface area contributed by atoms with E-state index < -0.39 is 10.2 Å². The van der Waals surface area contributed by atoms with Crippen LogP contribution in [0.2, 0.25) is 0 Å². The molecule has 36 valence electrons. The van der Waals surface area contributed by atoms with Crippen LogP contribution in [0.3, 0.4) is 0 Å². The van der Waals surface area contributed by atoms with E-state index in [1.54, 1.807) is 0 Å². The molecule has 0 radical (unpaired) electrons. The molecule has 0 aliphatic heterocycles. The Hall–Kier alpha value is 2.39. The first-order valence-electron chi connectivity index (χ1n) is 0.632. The fraction of sp³-hybridized carbons (Fsp3) is 0. The zero-order valence-electron chi connectivity index (χ0n) is 4.76. The number of halogens is 1. The Kier molecular flexibility index (Phi) is 15.1. The molecule has 0 rings (SSSR count). The monoisotopic (exact) mass is 204 g/mol. The third-order valence-electron chi connectivity index (χ3n) is 0. The van der Waals surface area contributed by atoms with Crippen molar-refractivity contribution < 1.29 is 101 Å². The molecule has 0 atom stereocenters. The quantitative estimate of drug-likeness (QED) is 0.399. The predicted molar refractivity (Wildman–Crippen MR) is 3.33 cm³/mol. The molecule has 0 saturated carbocycles. The van der Waals surface area contributed by atoms with Crippen LogP contribution in [0.5, 0.6) is 0 Å². The third-order valence-corrected chi connectivity index (χ3v) is 0. The van der Waals surface area contributed by atoms with Crippen LogP contribution < -0.4 is 65.4 Å². The van der Waals surface area contributed by atoms with Gasteiger partial charge in [-0.3, -0.25) is 0 Å². The standard InChI is InChI=1S/ClHO4.K.Zn.H/c2-1(3,4)5;;;/h(H,2,3,4,5);;;/q;+1;;-1. The Morgan fingerprint density at radius 1 is 1.29 bits per heavy atom. The summed E-state index contributed by atoms with van der Waals surface area (Å²) in [5, 5.41) is 0. The normalized spacial score (nSPS) is 8.57. The SMILES string of the molecule is [H-].[K+].[O-][Cl+3]([O-])([O-])O.[Zn]. The number of rotatable bonds is 0. The van der Waals surface area contributed by atoms with Gasteiger partial charge in [0.1, 0.15) is 0 Å². The van der Waals surface area contributed by atoms with Crippen LogP contribution in [0.1, 0.15) is 1.43 Å². The van der Waals surface area contributed by atoms with Crippen molar-refractivity contribution in [3.8, 4) is 0 Å². The molecule has 7 heteroatoms. The van der Waals surface area contributed by atoms with E-state index in [-0.39, 0.29) is 72.3 Å². The summed E-state index contributed by atoms with van der Waals surface area (Å²) in [6.07, 6.45) is 0. The van der Waals surface area contributed by atoms with Crippen molar-refractivity contribution in [3.63, 3.8) is 0 Å². The average molecular weight is 206 g/mol. The molecular weight excluding hydrogens is 204 g/mol. The minimum Gasteiger partial charge on any atom is -1.00 e. The molecule has 0 aromatic rings. The summed E-state index contributed by atoms with van der Waals surface area (Å²) in [5.74, 6) is 0. The second-order valence-corrected chi connectivity index (χ2v) is 1.19. The minimum absolute atomic E-state index is 0. The summed E-state index contributed by atoms with van der Waals surface area (Å²) >= 11 is 0. The van der Waals surface area contributed by atoms with Gasteiger partial charge in [-0.25, -0.2) is 0 Å². The molecule has 0 unspecified atom stereocenters. The molecule has 0 amide bonds. The molecule has 0 spiro atoms. The maximum Gasteiger partial charge on any atom is 1.00 e. The molecule has 0 saturated heterocycles. The molecule has 0 aliphatic rings. The van der Waals surface area contributed by atoms with Gasteiger partial charge in [0.2, 0.25) is 0 Å². The Labute approximate surface area is 99.3 Å². The van der Waals surface area contributed by atoms with Crippen LogP contribution >= 0.6 is 0 Å². The summed E-state index contributed by atoms with van der Waals surface area (Å²) in [6, 6.07) is 0. The van der Waals surface area contributed by atoms with E-state index in [0.29, 0.717) is 0 Å². The van der Waals surface area contributed by atoms with Gasteiger partial charge in [-0.05, 0) is 0 Å². The molecule has 0 fully saturated rings. The fourth-order valence-corrected chi connectivity index (χ4v) is 0. The first-order chi connectivity index (χ1) is 2.00. The van der Waals surface area contributed by atoms with Gasteiger partial charge in [0.15, 0.2) is 0 Å². The third kappa shape index (κ3) is 60.0. The van der Waals surface area contributed by atoms with Gasteiger partial charge >= 0.3 is 51.4 Å². The second kappa shape index (κ2) is 6.51. The van der Waals surface area contributed by atoms with Crippen molar-refractivity contribution >= 4 is 0 Å². The summed E-state index contributed by atoms with van der Waals surface area (Å²) in [4.78, 5) is 0. The molecular formula is H2ClKO4Zn. The number of hydrogen-bond donors (Lipinski definition) is 1. The number of hydrogen-bond acceptors (Lipinski definition) is 4. The molecule has 1 N–H and O–H groups in total. The van der Waals surface area contributed by atoms with Crippen LogP contribution in [0.4, 0.5) is 0 Å². The Morgan fingerprint density at radius 2 is 1.29 bits per heavy atom. The van der Waals surface area contributed by atoms with Gasteiger partial charge in [0, 0.05) is 19.5 Å². The molecule has 0 aromatic carbocycles. The maximum atomic E-state index is 8.60. The summed E-state index contributed by atoms with van der Waals surface area (Å²) in [7, 11) is -4.69. The van der Waals surface area contributed by atoms with Gasteiger partial charge in [-0.2, -0.15) is 14.0 Å². The zero-order valence-corrected chi connectivity index (χ0v) is 10.6. The van der Waals surface area contributed by atoms with Crippen LogP contribution in [-0.4, -0.2) is 4.66 Å². The molecule has 0 aromatic heterocycles. The predicted octanol–water partition coefficient (Wildman–Crippen LogP) is -7.01. The molecule has 4 nitrogen and oxygen atoms in total. The Balaban J connectivity index is -0.0000000267. The van der Waals surface area contributed by atoms with Gasteiger partial charge in [0.05, 0.1) is 14.9 Å². The van der Waals surface area contributed by atoms with Crippen molar-refractivity contribution in [2.45, 2.75) is 0 Å². The van der Waals surface area contributed by atoms with E-state index in [1.807, 2.05) is 0 Å². The average Bonchev–Trinajstić information content (AvgIpc) is 0.722. The van der Waals surface area contributed by atoms with E-state index in [1.165, 1.54) is 0 Å². The summed E-state index contributed by atoms with van der Waals surface area (Å²) in [6.45, 7) is 0. The van der Waals surface area contributed by atoms with Crippen molar-refractivity contribution in [2.24, 2.45) is 0 Å². The molecule has 0 bridgehead atoms. The Morgan fingerprint density at radius 3 is 1.29 bits per heavy atom. The first-order valence-corrected chi connectivity index (χ1v) is 1.90. The Bertz CT molecular complexity index is 31.5. The van der Waals surface area contributed by atoms with E-state index >= 15 is 0 Å². The first kappa shape index (κ1) is 16.2. The topological polar surface area (TPSA) is 89.4 Å². The molecule has 0 aliphatic carbocycles. The largest absolute Gasteiger partial charge is 1.00 e. The molecule has 0 heterocycles. The van der Waals surface area contributed by atoms with Gasteiger partial charge < -0.3 is 1.43 Å². The van der Waals surface area contributed by atoms with Gasteiger partial charge in [-0.15, -0.1) is 0 Å². The summed E-state index contributed by atoms with van der Waals surface area (Å²) in [5.41, 5.74) is 0. The van der Waals surface area contributed by atoms with Crippen LogP contribution in [0, 0.1) is 10.2 Å². The smallest absolute Gasteiger partial charge is 1.00 e. The molecule has 7 heavy (non-hydrogen) atoms. The van der Waals surface area contributed by atoms with Gasteiger partial charge in [0.25, 0.3) is 0 Å². The van der Waals surface area contributed by atoms with Crippen molar-refractivity contribution in [2.75, 3.05) is 0 Å². The van der Waals surface area contributed by atoms with Crippen molar-refractivity contribution in [3.05, 3.63) is 0 Å². The minimum atomic E-state index is -4.69. The van der Waals surface area contributed by atoms with Crippen LogP contribution in [0.15, 0.2) is 0 Å². The van der Waals surface area contributed by atoms with Crippen molar-refractivity contribution in [1.82, 2.24) is 0 Å². The van der Waals surface area contributed by atoms with E-state index in [0.717, 1.165) is 0 Å².